The highest BCUT2D eigenvalue weighted by Crippen LogP contribution is 2.44. The van der Waals surface area contributed by atoms with Crippen molar-refractivity contribution in [2.24, 2.45) is 7.05 Å². The average molecular weight is 558 g/mol. The summed E-state index contributed by atoms with van der Waals surface area (Å²) in [5, 5.41) is 9.34. The second-order valence-electron chi connectivity index (χ2n) is 10.3. The van der Waals surface area contributed by atoms with Crippen LogP contribution >= 0.6 is 0 Å². The fraction of sp³-hybridized carbons (Fsp3) is 0.233. The molecule has 3 aromatic carbocycles. The molecule has 10 heteroatoms. The second kappa shape index (κ2) is 9.71. The van der Waals surface area contributed by atoms with E-state index in [0.29, 0.717) is 24.9 Å². The van der Waals surface area contributed by atoms with E-state index in [1.165, 1.54) is 29.2 Å². The minimum Gasteiger partial charge on any atom is -0.274 e. The van der Waals surface area contributed by atoms with E-state index in [1.54, 1.807) is 30.1 Å². The molecule has 204 valence electrons. The van der Waals surface area contributed by atoms with Gasteiger partial charge in [0.2, 0.25) is 5.91 Å². The maximum atomic E-state index is 14.3. The van der Waals surface area contributed by atoms with Crippen molar-refractivity contribution in [1.82, 2.24) is 23.9 Å². The molecule has 2 aromatic heterocycles. The van der Waals surface area contributed by atoms with E-state index in [9.17, 15) is 17.6 Å². The third-order valence-corrected chi connectivity index (χ3v) is 9.57. The summed E-state index contributed by atoms with van der Waals surface area (Å²) in [6.07, 6.45) is 5.82. The van der Waals surface area contributed by atoms with E-state index in [0.717, 1.165) is 31.9 Å². The molecule has 1 atom stereocenters. The normalized spacial score (nSPS) is 17.7. The highest BCUT2D eigenvalue weighted by atomic mass is 32.2. The molecule has 40 heavy (non-hydrogen) atoms. The Morgan fingerprint density at radius 3 is 2.45 bits per heavy atom. The topological polar surface area (TPSA) is 90.1 Å². The maximum absolute atomic E-state index is 14.3. The molecule has 0 N–H and O–H groups in total. The first-order chi connectivity index (χ1) is 19.2. The van der Waals surface area contributed by atoms with Gasteiger partial charge in [0, 0.05) is 25.2 Å². The molecule has 1 amide bonds. The van der Waals surface area contributed by atoms with Gasteiger partial charge >= 0.3 is 0 Å². The Morgan fingerprint density at radius 1 is 1.00 bits per heavy atom. The van der Waals surface area contributed by atoms with Crippen molar-refractivity contribution in [2.45, 2.75) is 36.5 Å². The smallest absolute Gasteiger partial charge is 0.269 e. The molecule has 1 aliphatic rings. The Hall–Kier alpha value is -4.31. The molecule has 0 saturated carbocycles. The summed E-state index contributed by atoms with van der Waals surface area (Å²) in [7, 11) is -2.43. The van der Waals surface area contributed by atoms with Crippen LogP contribution in [0.15, 0.2) is 90.2 Å². The van der Waals surface area contributed by atoms with Crippen LogP contribution in [0.3, 0.4) is 0 Å². The first-order valence-electron chi connectivity index (χ1n) is 13.0. The molecule has 5 aromatic rings. The van der Waals surface area contributed by atoms with Crippen molar-refractivity contribution in [1.29, 1.82) is 0 Å². The van der Waals surface area contributed by atoms with Crippen LogP contribution in [-0.2, 0) is 33.7 Å². The van der Waals surface area contributed by atoms with Crippen molar-refractivity contribution in [3.05, 3.63) is 108 Å². The Labute approximate surface area is 231 Å². The van der Waals surface area contributed by atoms with Crippen LogP contribution in [0.1, 0.15) is 29.5 Å². The van der Waals surface area contributed by atoms with Crippen molar-refractivity contribution in [3.63, 3.8) is 0 Å². The Morgan fingerprint density at radius 2 is 1.75 bits per heavy atom. The predicted molar refractivity (Wildman–Crippen MR) is 149 cm³/mol. The first kappa shape index (κ1) is 25.9. The SMILES string of the molecule is Cc1cc2c(cnn2-c2ccc(F)cc2)cc1C1(CCc2ccccc2)CCN(S(=O)(=O)c2cnn(C)c2)C1=O. The van der Waals surface area contributed by atoms with Crippen LogP contribution in [0.5, 0.6) is 0 Å². The van der Waals surface area contributed by atoms with Crippen LogP contribution in [0.25, 0.3) is 16.6 Å². The summed E-state index contributed by atoms with van der Waals surface area (Å²) in [6.45, 7) is 2.02. The number of benzene rings is 3. The number of fused-ring (bicyclic) bond motifs is 1. The number of hydrogen-bond donors (Lipinski definition) is 0. The highest BCUT2D eigenvalue weighted by molar-refractivity contribution is 7.89. The van der Waals surface area contributed by atoms with E-state index in [4.69, 9.17) is 0 Å². The van der Waals surface area contributed by atoms with E-state index >= 15 is 0 Å². The van der Waals surface area contributed by atoms with Crippen LogP contribution < -0.4 is 0 Å². The van der Waals surface area contributed by atoms with Crippen molar-refractivity contribution < 1.29 is 17.6 Å². The zero-order valence-corrected chi connectivity index (χ0v) is 23.0. The van der Waals surface area contributed by atoms with Gasteiger partial charge in [-0.3, -0.25) is 9.48 Å². The quantitative estimate of drug-likeness (QED) is 0.289. The van der Waals surface area contributed by atoms with Gasteiger partial charge in [0.15, 0.2) is 0 Å². The van der Waals surface area contributed by atoms with Gasteiger partial charge in [-0.1, -0.05) is 30.3 Å². The van der Waals surface area contributed by atoms with Gasteiger partial charge in [0.1, 0.15) is 10.7 Å². The lowest BCUT2D eigenvalue weighted by molar-refractivity contribution is -0.128. The molecule has 1 fully saturated rings. The molecule has 6 rings (SSSR count). The summed E-state index contributed by atoms with van der Waals surface area (Å²) in [5.41, 5.74) is 3.22. The van der Waals surface area contributed by atoms with Crippen LogP contribution in [0.4, 0.5) is 4.39 Å². The lowest BCUT2D eigenvalue weighted by Gasteiger charge is -2.30. The van der Waals surface area contributed by atoms with Gasteiger partial charge in [0.05, 0.1) is 29.0 Å². The molecule has 8 nitrogen and oxygen atoms in total. The van der Waals surface area contributed by atoms with E-state index < -0.39 is 21.3 Å². The van der Waals surface area contributed by atoms with Crippen LogP contribution in [0.2, 0.25) is 0 Å². The second-order valence-corrected chi connectivity index (χ2v) is 12.2. The summed E-state index contributed by atoms with van der Waals surface area (Å²) < 4.78 is 44.8. The van der Waals surface area contributed by atoms with Crippen LogP contribution in [0, 0.1) is 12.7 Å². The number of halogens is 1. The third kappa shape index (κ3) is 4.28. The minimum absolute atomic E-state index is 0.00467. The first-order valence-corrected chi connectivity index (χ1v) is 14.5. The molecule has 1 aliphatic heterocycles. The van der Waals surface area contributed by atoms with Crippen molar-refractivity contribution in [3.8, 4) is 5.69 Å². The zero-order valence-electron chi connectivity index (χ0n) is 22.2. The number of sulfonamides is 1. The molecular weight excluding hydrogens is 529 g/mol. The number of carbonyl (C=O) groups excluding carboxylic acids is 1. The predicted octanol–water partition coefficient (Wildman–Crippen LogP) is 4.70. The minimum atomic E-state index is -4.07. The van der Waals surface area contributed by atoms with Crippen molar-refractivity contribution >= 4 is 26.8 Å². The van der Waals surface area contributed by atoms with Gasteiger partial charge in [-0.2, -0.15) is 10.2 Å². The highest BCUT2D eigenvalue weighted by Gasteiger charge is 2.52. The molecule has 1 unspecified atom stereocenters. The van der Waals surface area contributed by atoms with E-state index in [1.807, 2.05) is 49.4 Å². The molecule has 3 heterocycles. The molecule has 1 saturated heterocycles. The molecule has 0 spiro atoms. The lowest BCUT2D eigenvalue weighted by atomic mass is 9.72. The average Bonchev–Trinajstić information content (AvgIpc) is 3.66. The summed E-state index contributed by atoms with van der Waals surface area (Å²) in [5.74, 6) is -0.759. The third-order valence-electron chi connectivity index (χ3n) is 7.83. The number of rotatable bonds is 7. The zero-order chi connectivity index (χ0) is 28.1. The summed E-state index contributed by atoms with van der Waals surface area (Å²) in [4.78, 5) is 14.3. The number of hydrogen-bond acceptors (Lipinski definition) is 5. The van der Waals surface area contributed by atoms with Gasteiger partial charge < -0.3 is 0 Å². The largest absolute Gasteiger partial charge is 0.274 e. The fourth-order valence-electron chi connectivity index (χ4n) is 5.73. The van der Waals surface area contributed by atoms with Gasteiger partial charge in [-0.15, -0.1) is 0 Å². The Kier molecular flexibility index (Phi) is 6.29. The summed E-state index contributed by atoms with van der Waals surface area (Å²) >= 11 is 0. The number of nitrogens with zero attached hydrogens (tertiary/aromatic N) is 5. The van der Waals surface area contributed by atoms with Gasteiger partial charge in [0.25, 0.3) is 10.0 Å². The van der Waals surface area contributed by atoms with Gasteiger partial charge in [-0.05, 0) is 79.3 Å². The number of aromatic nitrogens is 4. The van der Waals surface area contributed by atoms with Crippen molar-refractivity contribution in [2.75, 3.05) is 6.54 Å². The monoisotopic (exact) mass is 557 g/mol. The van der Waals surface area contributed by atoms with Crippen LogP contribution in [-0.4, -0.2) is 44.7 Å². The molecular formula is C30H28FN5O3S. The maximum Gasteiger partial charge on any atom is 0.269 e. The summed E-state index contributed by atoms with van der Waals surface area (Å²) in [6, 6.07) is 19.9. The molecule has 0 aliphatic carbocycles. The lowest BCUT2D eigenvalue weighted by Crippen LogP contribution is -2.41. The number of amides is 1. The van der Waals surface area contributed by atoms with E-state index in [-0.39, 0.29) is 17.3 Å². The molecule has 0 radical (unpaired) electrons. The van der Waals surface area contributed by atoms with E-state index in [2.05, 4.69) is 10.2 Å². The Bertz CT molecular complexity index is 1830. The Balaban J connectivity index is 1.45. The molecule has 0 bridgehead atoms. The fourth-order valence-corrected chi connectivity index (χ4v) is 7.17. The standard InChI is InChI=1S/C30H28FN5O3S/c1-21-16-28-23(18-33-36(28)25-10-8-24(31)9-11-25)17-27(21)30(13-12-22-6-4-3-5-7-22)14-15-35(29(30)37)40(38,39)26-19-32-34(2)20-26/h3-11,16-20H,12-15H2,1-2H3. The number of carbonyl (C=O) groups is 1. The number of aryl methyl sites for hydroxylation is 3. The van der Waals surface area contributed by atoms with Gasteiger partial charge in [-0.25, -0.2) is 21.8 Å².